The topological polar surface area (TPSA) is 69.6 Å². The van der Waals surface area contributed by atoms with Crippen LogP contribution in [0.15, 0.2) is 18.2 Å². The van der Waals surface area contributed by atoms with E-state index in [1.54, 1.807) is 19.1 Å². The molecule has 6 heteroatoms. The minimum Gasteiger partial charge on any atom is -0.394 e. The standard InChI is InChI=1S/C14H16FNO3S/c1-8-11-9(15)4-3-5-10(11)20-12(8)13(19)16-14(2,6-17)7-18/h3-5,17-18H,6-7H2,1-2H3,(H,16,19). The molecule has 108 valence electrons. The van der Waals surface area contributed by atoms with E-state index in [9.17, 15) is 19.4 Å². The van der Waals surface area contributed by atoms with Gasteiger partial charge in [0, 0.05) is 10.1 Å². The quantitative estimate of drug-likeness (QED) is 0.806. The average Bonchev–Trinajstić information content (AvgIpc) is 2.77. The molecule has 0 aliphatic heterocycles. The van der Waals surface area contributed by atoms with Crippen molar-refractivity contribution in [2.75, 3.05) is 13.2 Å². The summed E-state index contributed by atoms with van der Waals surface area (Å²) >= 11 is 1.19. The molecule has 1 heterocycles. The molecule has 0 atom stereocenters. The zero-order chi connectivity index (χ0) is 14.9. The molecule has 0 unspecified atom stereocenters. The SMILES string of the molecule is Cc1c(C(=O)NC(C)(CO)CO)sc2cccc(F)c12. The van der Waals surface area contributed by atoms with Crippen LogP contribution in [0.5, 0.6) is 0 Å². The van der Waals surface area contributed by atoms with Crippen LogP contribution in [0.25, 0.3) is 10.1 Å². The Balaban J connectivity index is 2.41. The smallest absolute Gasteiger partial charge is 0.262 e. The van der Waals surface area contributed by atoms with Gasteiger partial charge in [0.05, 0.1) is 23.6 Å². The van der Waals surface area contributed by atoms with Crippen LogP contribution in [0, 0.1) is 12.7 Å². The Morgan fingerprint density at radius 1 is 1.40 bits per heavy atom. The highest BCUT2D eigenvalue weighted by Gasteiger charge is 2.27. The highest BCUT2D eigenvalue weighted by Crippen LogP contribution is 2.32. The van der Waals surface area contributed by atoms with E-state index in [-0.39, 0.29) is 19.0 Å². The monoisotopic (exact) mass is 297 g/mol. The van der Waals surface area contributed by atoms with Gasteiger partial charge in [-0.25, -0.2) is 4.39 Å². The summed E-state index contributed by atoms with van der Waals surface area (Å²) in [5.74, 6) is -0.781. The van der Waals surface area contributed by atoms with E-state index >= 15 is 0 Å². The Kier molecular flexibility index (Phi) is 4.08. The van der Waals surface area contributed by atoms with Crippen molar-refractivity contribution in [3.8, 4) is 0 Å². The number of fused-ring (bicyclic) bond motifs is 1. The number of rotatable bonds is 4. The van der Waals surface area contributed by atoms with E-state index in [0.29, 0.717) is 20.5 Å². The molecule has 3 N–H and O–H groups in total. The van der Waals surface area contributed by atoms with Crippen LogP contribution < -0.4 is 5.32 Å². The van der Waals surface area contributed by atoms with Gasteiger partial charge in [-0.2, -0.15) is 0 Å². The second kappa shape index (κ2) is 5.47. The van der Waals surface area contributed by atoms with Gasteiger partial charge >= 0.3 is 0 Å². The summed E-state index contributed by atoms with van der Waals surface area (Å²) in [6.45, 7) is 2.46. The lowest BCUT2D eigenvalue weighted by Crippen LogP contribution is -2.51. The number of carbonyl (C=O) groups excluding carboxylic acids is 1. The molecule has 2 rings (SSSR count). The first-order chi connectivity index (χ1) is 9.41. The molecule has 20 heavy (non-hydrogen) atoms. The second-order valence-electron chi connectivity index (χ2n) is 5.00. The van der Waals surface area contributed by atoms with Gasteiger partial charge in [-0.1, -0.05) is 6.07 Å². The number of hydrogen-bond acceptors (Lipinski definition) is 4. The summed E-state index contributed by atoms with van der Waals surface area (Å²) in [4.78, 5) is 12.6. The summed E-state index contributed by atoms with van der Waals surface area (Å²) < 4.78 is 14.5. The fourth-order valence-corrected chi connectivity index (χ4v) is 3.05. The summed E-state index contributed by atoms with van der Waals surface area (Å²) in [6, 6.07) is 4.71. The van der Waals surface area contributed by atoms with E-state index < -0.39 is 11.4 Å². The number of aliphatic hydroxyl groups is 2. The van der Waals surface area contributed by atoms with Crippen molar-refractivity contribution in [1.29, 1.82) is 0 Å². The summed E-state index contributed by atoms with van der Waals surface area (Å²) in [5.41, 5.74) is -0.531. The molecule has 0 aliphatic rings. The van der Waals surface area contributed by atoms with Crippen LogP contribution in [-0.4, -0.2) is 34.9 Å². The molecule has 1 amide bonds. The predicted octanol–water partition coefficient (Wildman–Crippen LogP) is 1.82. The number of hydrogen-bond donors (Lipinski definition) is 3. The third-order valence-corrected chi connectivity index (χ3v) is 4.48. The molecular weight excluding hydrogens is 281 g/mol. The highest BCUT2D eigenvalue weighted by molar-refractivity contribution is 7.21. The molecule has 4 nitrogen and oxygen atoms in total. The van der Waals surface area contributed by atoms with Crippen LogP contribution in [0.2, 0.25) is 0 Å². The lowest BCUT2D eigenvalue weighted by Gasteiger charge is -2.25. The van der Waals surface area contributed by atoms with Crippen molar-refractivity contribution in [1.82, 2.24) is 5.32 Å². The number of aryl methyl sites for hydroxylation is 1. The highest BCUT2D eigenvalue weighted by atomic mass is 32.1. The van der Waals surface area contributed by atoms with Crippen molar-refractivity contribution in [2.45, 2.75) is 19.4 Å². The van der Waals surface area contributed by atoms with E-state index in [1.807, 2.05) is 0 Å². The number of carbonyl (C=O) groups is 1. The zero-order valence-corrected chi connectivity index (χ0v) is 12.1. The fraction of sp³-hybridized carbons (Fsp3) is 0.357. The van der Waals surface area contributed by atoms with Gasteiger partial charge in [-0.15, -0.1) is 11.3 Å². The zero-order valence-electron chi connectivity index (χ0n) is 11.2. The number of nitrogens with one attached hydrogen (secondary N) is 1. The van der Waals surface area contributed by atoms with E-state index in [2.05, 4.69) is 5.32 Å². The Morgan fingerprint density at radius 2 is 2.05 bits per heavy atom. The average molecular weight is 297 g/mol. The van der Waals surface area contributed by atoms with Crippen molar-refractivity contribution >= 4 is 27.3 Å². The summed E-state index contributed by atoms with van der Waals surface area (Å²) in [7, 11) is 0. The van der Waals surface area contributed by atoms with Crippen LogP contribution in [0.3, 0.4) is 0 Å². The van der Waals surface area contributed by atoms with E-state index in [0.717, 1.165) is 0 Å². The minimum atomic E-state index is -1.10. The molecule has 1 aromatic heterocycles. The fourth-order valence-electron chi connectivity index (χ4n) is 1.93. The number of halogens is 1. The van der Waals surface area contributed by atoms with Crippen molar-refractivity contribution in [3.63, 3.8) is 0 Å². The molecule has 0 radical (unpaired) electrons. The third-order valence-electron chi connectivity index (χ3n) is 3.22. The normalized spacial score (nSPS) is 11.8. The van der Waals surface area contributed by atoms with Gasteiger partial charge in [0.1, 0.15) is 5.82 Å². The Morgan fingerprint density at radius 3 is 2.60 bits per heavy atom. The molecule has 2 aromatic rings. The molecule has 0 saturated heterocycles. The first kappa shape index (κ1) is 14.9. The van der Waals surface area contributed by atoms with Crippen molar-refractivity contribution in [3.05, 3.63) is 34.5 Å². The third kappa shape index (κ3) is 2.54. The first-order valence-electron chi connectivity index (χ1n) is 6.13. The summed E-state index contributed by atoms with van der Waals surface area (Å²) in [5, 5.41) is 21.4. The predicted molar refractivity (Wildman–Crippen MR) is 76.6 cm³/mol. The maximum Gasteiger partial charge on any atom is 0.262 e. The molecule has 0 spiro atoms. The van der Waals surface area contributed by atoms with Gasteiger partial charge in [0.25, 0.3) is 5.91 Å². The lowest BCUT2D eigenvalue weighted by atomic mass is 10.0. The second-order valence-corrected chi connectivity index (χ2v) is 6.05. The van der Waals surface area contributed by atoms with E-state index in [1.165, 1.54) is 24.3 Å². The number of thiophene rings is 1. The van der Waals surface area contributed by atoms with Gasteiger partial charge < -0.3 is 15.5 Å². The molecule has 1 aromatic carbocycles. The lowest BCUT2D eigenvalue weighted by molar-refractivity contribution is 0.0727. The van der Waals surface area contributed by atoms with Crippen molar-refractivity contribution < 1.29 is 19.4 Å². The number of benzene rings is 1. The maximum absolute atomic E-state index is 13.8. The number of aliphatic hydroxyl groups excluding tert-OH is 2. The van der Waals surface area contributed by atoms with Gasteiger partial charge in [-0.3, -0.25) is 4.79 Å². The largest absolute Gasteiger partial charge is 0.394 e. The Labute approximate surface area is 119 Å². The molecule has 0 fully saturated rings. The maximum atomic E-state index is 13.8. The molecular formula is C14H16FNO3S. The van der Waals surface area contributed by atoms with Gasteiger partial charge in [0.2, 0.25) is 0 Å². The van der Waals surface area contributed by atoms with Crippen LogP contribution >= 0.6 is 11.3 Å². The summed E-state index contributed by atoms with van der Waals surface area (Å²) in [6.07, 6.45) is 0. The van der Waals surface area contributed by atoms with Gasteiger partial charge in [-0.05, 0) is 31.5 Å². The Bertz CT molecular complexity index is 649. The number of amides is 1. The first-order valence-corrected chi connectivity index (χ1v) is 6.95. The molecule has 0 aliphatic carbocycles. The van der Waals surface area contributed by atoms with Crippen LogP contribution in [0.4, 0.5) is 4.39 Å². The van der Waals surface area contributed by atoms with E-state index in [4.69, 9.17) is 0 Å². The van der Waals surface area contributed by atoms with Crippen LogP contribution in [0.1, 0.15) is 22.2 Å². The Hall–Kier alpha value is -1.50. The van der Waals surface area contributed by atoms with Crippen molar-refractivity contribution in [2.24, 2.45) is 0 Å². The molecule has 0 bridgehead atoms. The molecule has 0 saturated carbocycles. The minimum absolute atomic E-state index is 0.359. The van der Waals surface area contributed by atoms with Crippen LogP contribution in [-0.2, 0) is 0 Å². The van der Waals surface area contributed by atoms with Gasteiger partial charge in [0.15, 0.2) is 0 Å².